The van der Waals surface area contributed by atoms with Gasteiger partial charge in [-0.2, -0.15) is 0 Å². The van der Waals surface area contributed by atoms with Crippen molar-refractivity contribution in [1.29, 1.82) is 0 Å². The van der Waals surface area contributed by atoms with Gasteiger partial charge < -0.3 is 14.3 Å². The van der Waals surface area contributed by atoms with Crippen molar-refractivity contribution in [3.8, 4) is 0 Å². The van der Waals surface area contributed by atoms with Crippen LogP contribution in [0.2, 0.25) is 0 Å². The summed E-state index contributed by atoms with van der Waals surface area (Å²) in [5.41, 5.74) is 0.882. The number of carbonyl (C=O) groups excluding carboxylic acids is 1. The lowest BCUT2D eigenvalue weighted by atomic mass is 9.91. The fraction of sp³-hybridized carbons (Fsp3) is 0.375. The molecule has 0 unspecified atom stereocenters. The molecule has 1 aromatic heterocycles. The van der Waals surface area contributed by atoms with E-state index < -0.39 is 12.8 Å². The van der Waals surface area contributed by atoms with E-state index in [1.54, 1.807) is 18.2 Å². The van der Waals surface area contributed by atoms with Gasteiger partial charge in [0.1, 0.15) is 0 Å². The fourth-order valence-corrected chi connectivity index (χ4v) is 4.23. The number of halogens is 1. The summed E-state index contributed by atoms with van der Waals surface area (Å²) in [6.45, 7) is 2.86. The second-order valence-corrected chi connectivity index (χ2v) is 9.53. The Bertz CT molecular complexity index is 850. The molecule has 1 aromatic carbocycles. The van der Waals surface area contributed by atoms with Crippen LogP contribution in [0.25, 0.3) is 0 Å². The Hall–Kier alpha value is -1.27. The number of aromatic nitrogens is 1. The number of ketones is 1. The monoisotopic (exact) mass is 413 g/mol. The highest BCUT2D eigenvalue weighted by molar-refractivity contribution is 9.10. The number of hydrogen-bond acceptors (Lipinski definition) is 4. The molecule has 128 valence electrons. The van der Waals surface area contributed by atoms with Crippen molar-refractivity contribution in [1.82, 2.24) is 5.16 Å². The Labute approximate surface area is 147 Å². The van der Waals surface area contributed by atoms with Gasteiger partial charge in [0.05, 0.1) is 16.9 Å². The predicted octanol–water partition coefficient (Wildman–Crippen LogP) is 3.96. The van der Waals surface area contributed by atoms with Crippen molar-refractivity contribution in [3.05, 3.63) is 51.3 Å². The standard InChI is InChI=1S/C16H17BrNO5P/c1-16(2,24(20,21)22)13-10(4-3-5-12(13)17)14(19)11-8-18-23-15(11)9-6-7-9/h3-5,8-9H,6-7H2,1-2H3,(H2,20,21,22). The number of hydrogen-bond donors (Lipinski definition) is 2. The molecule has 0 spiro atoms. The molecule has 1 saturated carbocycles. The van der Waals surface area contributed by atoms with Crippen LogP contribution >= 0.6 is 23.5 Å². The minimum Gasteiger partial charge on any atom is -0.360 e. The van der Waals surface area contributed by atoms with Crippen LogP contribution in [0, 0.1) is 0 Å². The lowest BCUT2D eigenvalue weighted by molar-refractivity contribution is 0.103. The third-order valence-corrected chi connectivity index (χ3v) is 6.73. The van der Waals surface area contributed by atoms with Crippen LogP contribution in [0.4, 0.5) is 0 Å². The van der Waals surface area contributed by atoms with E-state index in [1.165, 1.54) is 20.0 Å². The molecule has 3 rings (SSSR count). The summed E-state index contributed by atoms with van der Waals surface area (Å²) in [5, 5.41) is 2.21. The van der Waals surface area contributed by atoms with Gasteiger partial charge in [0.2, 0.25) is 0 Å². The molecule has 8 heteroatoms. The van der Waals surface area contributed by atoms with Crippen molar-refractivity contribution < 1.29 is 23.7 Å². The van der Waals surface area contributed by atoms with Crippen LogP contribution in [0.5, 0.6) is 0 Å². The summed E-state index contributed by atoms with van der Waals surface area (Å²) in [6, 6.07) is 4.91. The Morgan fingerprint density at radius 1 is 1.33 bits per heavy atom. The van der Waals surface area contributed by atoms with E-state index in [0.717, 1.165) is 12.8 Å². The molecule has 1 heterocycles. The minimum absolute atomic E-state index is 0.205. The van der Waals surface area contributed by atoms with Gasteiger partial charge in [0, 0.05) is 16.0 Å². The number of rotatable bonds is 5. The average molecular weight is 414 g/mol. The number of nitrogens with zero attached hydrogens (tertiary/aromatic N) is 1. The molecule has 1 aliphatic rings. The molecule has 0 radical (unpaired) electrons. The van der Waals surface area contributed by atoms with Crippen LogP contribution in [0.1, 0.15) is 59.9 Å². The van der Waals surface area contributed by atoms with Crippen LogP contribution < -0.4 is 0 Å². The third-order valence-electron chi connectivity index (χ3n) is 4.39. The molecule has 6 nitrogen and oxygen atoms in total. The van der Waals surface area contributed by atoms with Gasteiger partial charge in [-0.05, 0) is 38.3 Å². The summed E-state index contributed by atoms with van der Waals surface area (Å²) in [7, 11) is -4.50. The van der Waals surface area contributed by atoms with Gasteiger partial charge in [-0.3, -0.25) is 9.36 Å². The summed E-state index contributed by atoms with van der Waals surface area (Å²) in [4.78, 5) is 32.6. The highest BCUT2D eigenvalue weighted by Crippen LogP contribution is 2.58. The molecule has 1 fully saturated rings. The highest BCUT2D eigenvalue weighted by Gasteiger charge is 2.43. The molecule has 2 N–H and O–H groups in total. The van der Waals surface area contributed by atoms with E-state index in [1.807, 2.05) is 0 Å². The quantitative estimate of drug-likeness (QED) is 0.568. The molecular weight excluding hydrogens is 397 g/mol. The van der Waals surface area contributed by atoms with E-state index in [9.17, 15) is 19.1 Å². The largest absolute Gasteiger partial charge is 0.360 e. The van der Waals surface area contributed by atoms with Crippen molar-refractivity contribution >= 4 is 29.3 Å². The van der Waals surface area contributed by atoms with Crippen LogP contribution in [-0.4, -0.2) is 20.7 Å². The van der Waals surface area contributed by atoms with E-state index in [-0.39, 0.29) is 22.8 Å². The first kappa shape index (κ1) is 17.5. The molecule has 0 amide bonds. The molecule has 2 aromatic rings. The first-order valence-corrected chi connectivity index (χ1v) is 9.89. The summed E-state index contributed by atoms with van der Waals surface area (Å²) in [5.74, 6) is 0.424. The van der Waals surface area contributed by atoms with Gasteiger partial charge in [-0.1, -0.05) is 33.2 Å². The first-order chi connectivity index (χ1) is 11.1. The summed E-state index contributed by atoms with van der Waals surface area (Å²) >= 11 is 3.33. The van der Waals surface area contributed by atoms with Crippen molar-refractivity contribution in [2.24, 2.45) is 0 Å². The molecule has 0 bridgehead atoms. The van der Waals surface area contributed by atoms with E-state index in [4.69, 9.17) is 4.52 Å². The Morgan fingerprint density at radius 3 is 2.58 bits per heavy atom. The van der Waals surface area contributed by atoms with Gasteiger partial charge in [-0.25, -0.2) is 0 Å². The van der Waals surface area contributed by atoms with Crippen LogP contribution in [0.15, 0.2) is 33.4 Å². The van der Waals surface area contributed by atoms with Gasteiger partial charge in [0.15, 0.2) is 11.5 Å². The molecule has 0 saturated heterocycles. The number of carbonyl (C=O) groups is 1. The molecule has 0 aliphatic heterocycles. The maximum atomic E-state index is 13.0. The van der Waals surface area contributed by atoms with Crippen LogP contribution in [-0.2, 0) is 9.72 Å². The van der Waals surface area contributed by atoms with E-state index in [0.29, 0.717) is 15.8 Å². The van der Waals surface area contributed by atoms with E-state index >= 15 is 0 Å². The average Bonchev–Trinajstić information content (AvgIpc) is 3.22. The van der Waals surface area contributed by atoms with Crippen molar-refractivity contribution in [2.75, 3.05) is 0 Å². The maximum Gasteiger partial charge on any atom is 0.335 e. The second-order valence-electron chi connectivity index (χ2n) is 6.47. The summed E-state index contributed by atoms with van der Waals surface area (Å²) < 4.78 is 17.7. The lowest BCUT2D eigenvalue weighted by Gasteiger charge is -2.29. The molecule has 1 aliphatic carbocycles. The maximum absolute atomic E-state index is 13.0. The Balaban J connectivity index is 2.15. The smallest absolute Gasteiger partial charge is 0.335 e. The molecule has 0 atom stereocenters. The minimum atomic E-state index is -4.50. The Morgan fingerprint density at radius 2 is 2.00 bits per heavy atom. The topological polar surface area (TPSA) is 101 Å². The third kappa shape index (κ3) is 2.90. The zero-order chi connectivity index (χ0) is 17.7. The zero-order valence-corrected chi connectivity index (χ0v) is 15.7. The summed E-state index contributed by atoms with van der Waals surface area (Å²) in [6.07, 6.45) is 3.29. The van der Waals surface area contributed by atoms with Gasteiger partial charge in [0.25, 0.3) is 0 Å². The van der Waals surface area contributed by atoms with Gasteiger partial charge >= 0.3 is 7.60 Å². The molecular formula is C16H17BrNO5P. The van der Waals surface area contributed by atoms with E-state index in [2.05, 4.69) is 21.1 Å². The van der Waals surface area contributed by atoms with Crippen molar-refractivity contribution in [3.63, 3.8) is 0 Å². The zero-order valence-electron chi connectivity index (χ0n) is 13.2. The SMILES string of the molecule is CC(C)(c1c(Br)cccc1C(=O)c1cnoc1C1CC1)P(=O)(O)O. The Kier molecular flexibility index (Phi) is 4.33. The van der Waals surface area contributed by atoms with Crippen molar-refractivity contribution in [2.45, 2.75) is 37.8 Å². The second kappa shape index (κ2) is 5.92. The predicted molar refractivity (Wildman–Crippen MR) is 91.1 cm³/mol. The lowest BCUT2D eigenvalue weighted by Crippen LogP contribution is -2.22. The fourth-order valence-electron chi connectivity index (χ4n) is 2.69. The highest BCUT2D eigenvalue weighted by atomic mass is 79.9. The van der Waals surface area contributed by atoms with Crippen LogP contribution in [0.3, 0.4) is 0 Å². The normalized spacial score (nSPS) is 15.5. The first-order valence-electron chi connectivity index (χ1n) is 7.48. The molecule has 24 heavy (non-hydrogen) atoms. The number of benzene rings is 1. The van der Waals surface area contributed by atoms with Gasteiger partial charge in [-0.15, -0.1) is 0 Å².